The van der Waals surface area contributed by atoms with E-state index in [0.29, 0.717) is 23.0 Å². The van der Waals surface area contributed by atoms with Crippen LogP contribution in [0.25, 0.3) is 10.9 Å². The summed E-state index contributed by atoms with van der Waals surface area (Å²) in [4.78, 5) is 9.31. The molecule has 5 nitrogen and oxygen atoms in total. The summed E-state index contributed by atoms with van der Waals surface area (Å²) in [6, 6.07) is 17.0. The van der Waals surface area contributed by atoms with Gasteiger partial charge in [0.15, 0.2) is 0 Å². The molecule has 1 N–H and O–H groups in total. The van der Waals surface area contributed by atoms with Crippen molar-refractivity contribution in [2.45, 2.75) is 45.3 Å². The fourth-order valence-electron chi connectivity index (χ4n) is 4.38. The Morgan fingerprint density at radius 2 is 1.97 bits per heavy atom. The van der Waals surface area contributed by atoms with Crippen LogP contribution in [0.15, 0.2) is 59.6 Å². The number of aromatic hydroxyl groups is 1. The highest BCUT2D eigenvalue weighted by Crippen LogP contribution is 2.42. The molecule has 0 amide bonds. The lowest BCUT2D eigenvalue weighted by atomic mass is 9.73. The molecule has 1 aromatic heterocycles. The number of fused-ring (bicyclic) bond motifs is 2. The second-order valence-corrected chi connectivity index (χ2v) is 8.55. The number of benzene rings is 2. The maximum atomic E-state index is 10.0. The van der Waals surface area contributed by atoms with E-state index in [0.717, 1.165) is 17.4 Å². The Bertz CT molecular complexity index is 1110. The van der Waals surface area contributed by atoms with E-state index in [-0.39, 0.29) is 23.3 Å². The van der Waals surface area contributed by atoms with E-state index in [9.17, 15) is 5.11 Å². The number of hydrogen-bond donors (Lipinski definition) is 1. The van der Waals surface area contributed by atoms with Crippen LogP contribution in [0, 0.1) is 5.41 Å². The van der Waals surface area contributed by atoms with Crippen LogP contribution in [0.1, 0.15) is 38.7 Å². The number of phenolic OH excluding ortho intramolecular Hbond substituents is 1. The number of aromatic nitrogens is 1. The first-order chi connectivity index (χ1) is 14.0. The molecule has 1 aliphatic carbocycles. The van der Waals surface area contributed by atoms with Gasteiger partial charge in [-0.2, -0.15) is 0 Å². The van der Waals surface area contributed by atoms with E-state index < -0.39 is 0 Å². The van der Waals surface area contributed by atoms with E-state index in [1.165, 1.54) is 12.8 Å². The average Bonchev–Trinajstić information content (AvgIpc) is 3.15. The first-order valence-corrected chi connectivity index (χ1v) is 10.1. The second-order valence-electron chi connectivity index (χ2n) is 8.55. The van der Waals surface area contributed by atoms with Gasteiger partial charge in [-0.25, -0.2) is 9.98 Å². The van der Waals surface area contributed by atoms with Crippen LogP contribution in [0.4, 0.5) is 0 Å². The van der Waals surface area contributed by atoms with Gasteiger partial charge < -0.3 is 14.6 Å². The van der Waals surface area contributed by atoms with Gasteiger partial charge in [-0.05, 0) is 43.2 Å². The number of nitrogens with zero attached hydrogens (tertiary/aromatic N) is 2. The smallest absolute Gasteiger partial charge is 0.219 e. The van der Waals surface area contributed by atoms with Crippen LogP contribution >= 0.6 is 0 Å². The van der Waals surface area contributed by atoms with Gasteiger partial charge in [0, 0.05) is 22.4 Å². The summed E-state index contributed by atoms with van der Waals surface area (Å²) in [7, 11) is 0. The van der Waals surface area contributed by atoms with E-state index in [4.69, 9.17) is 14.5 Å². The maximum Gasteiger partial charge on any atom is 0.219 e. The zero-order valence-corrected chi connectivity index (χ0v) is 16.6. The quantitative estimate of drug-likeness (QED) is 0.647. The monoisotopic (exact) mass is 388 g/mol. The molecule has 1 aliphatic heterocycles. The molecule has 2 atom stereocenters. The maximum absolute atomic E-state index is 10.0. The SMILES string of the molecule is CC1(C)CCC[C@@H]2N=C(c3cccc(Oc4ccc5cccc(O)c5n4)c3)O[C@H]21. The highest BCUT2D eigenvalue weighted by molar-refractivity contribution is 5.96. The van der Waals surface area contributed by atoms with Gasteiger partial charge in [-0.3, -0.25) is 0 Å². The van der Waals surface area contributed by atoms with Crippen molar-refractivity contribution in [1.82, 2.24) is 4.98 Å². The van der Waals surface area contributed by atoms with Gasteiger partial charge in [0.2, 0.25) is 11.8 Å². The lowest BCUT2D eigenvalue weighted by Gasteiger charge is -2.38. The van der Waals surface area contributed by atoms with Gasteiger partial charge in [0.1, 0.15) is 23.1 Å². The molecule has 0 unspecified atom stereocenters. The van der Waals surface area contributed by atoms with Crippen molar-refractivity contribution in [2.24, 2.45) is 10.4 Å². The van der Waals surface area contributed by atoms with Crippen molar-refractivity contribution in [2.75, 3.05) is 0 Å². The van der Waals surface area contributed by atoms with Gasteiger partial charge in [0.25, 0.3) is 0 Å². The molecule has 0 spiro atoms. The standard InChI is InChI=1S/C24H24N2O3/c1-24(2)13-5-9-18-22(24)29-23(25-18)16-7-3-8-17(14-16)28-20-12-11-15-6-4-10-19(27)21(15)26-20/h3-4,6-8,10-12,14,18,22,27H,5,9,13H2,1-2H3/t18-,22+/m0/s1. The third kappa shape index (κ3) is 3.31. The summed E-state index contributed by atoms with van der Waals surface area (Å²) in [5.41, 5.74) is 1.58. The third-order valence-electron chi connectivity index (χ3n) is 5.94. The van der Waals surface area contributed by atoms with Crippen LogP contribution < -0.4 is 4.74 Å². The van der Waals surface area contributed by atoms with Crippen LogP contribution in [-0.4, -0.2) is 28.1 Å². The lowest BCUT2D eigenvalue weighted by molar-refractivity contribution is 0.0303. The summed E-state index contributed by atoms with van der Waals surface area (Å²) in [6.07, 6.45) is 3.58. The lowest BCUT2D eigenvalue weighted by Crippen LogP contribution is -2.41. The molecule has 2 heterocycles. The predicted octanol–water partition coefficient (Wildman–Crippen LogP) is 5.46. The summed E-state index contributed by atoms with van der Waals surface area (Å²) in [5, 5.41) is 10.9. The van der Waals surface area contributed by atoms with Crippen molar-refractivity contribution in [3.63, 3.8) is 0 Å². The Morgan fingerprint density at radius 1 is 1.10 bits per heavy atom. The number of phenols is 1. The Labute approximate surface area is 170 Å². The van der Waals surface area contributed by atoms with Gasteiger partial charge in [-0.1, -0.05) is 38.5 Å². The van der Waals surface area contributed by atoms with E-state index in [1.54, 1.807) is 18.2 Å². The largest absolute Gasteiger partial charge is 0.506 e. The molecular weight excluding hydrogens is 364 g/mol. The second kappa shape index (κ2) is 6.76. The highest BCUT2D eigenvalue weighted by Gasteiger charge is 2.45. The van der Waals surface area contributed by atoms with Crippen molar-refractivity contribution in [3.8, 4) is 17.4 Å². The first-order valence-electron chi connectivity index (χ1n) is 10.1. The summed E-state index contributed by atoms with van der Waals surface area (Å²) in [5.74, 6) is 1.93. The number of hydrogen-bond acceptors (Lipinski definition) is 5. The summed E-state index contributed by atoms with van der Waals surface area (Å²) >= 11 is 0. The third-order valence-corrected chi connectivity index (χ3v) is 5.94. The molecule has 1 fully saturated rings. The predicted molar refractivity (Wildman–Crippen MR) is 113 cm³/mol. The van der Waals surface area contributed by atoms with Gasteiger partial charge in [0.05, 0.1) is 6.04 Å². The van der Waals surface area contributed by atoms with Crippen molar-refractivity contribution in [3.05, 3.63) is 60.2 Å². The molecule has 2 aromatic carbocycles. The Hall–Kier alpha value is -3.08. The van der Waals surface area contributed by atoms with Crippen LogP contribution in [-0.2, 0) is 4.74 Å². The average molecular weight is 388 g/mol. The number of pyridine rings is 1. The summed E-state index contributed by atoms with van der Waals surface area (Å²) in [6.45, 7) is 4.53. The zero-order valence-electron chi connectivity index (χ0n) is 16.6. The zero-order chi connectivity index (χ0) is 20.0. The molecule has 5 rings (SSSR count). The van der Waals surface area contributed by atoms with Crippen LogP contribution in [0.5, 0.6) is 17.4 Å². The number of ether oxygens (including phenoxy) is 2. The van der Waals surface area contributed by atoms with Gasteiger partial charge >= 0.3 is 0 Å². The molecule has 3 aromatic rings. The van der Waals surface area contributed by atoms with Crippen molar-refractivity contribution < 1.29 is 14.6 Å². The number of rotatable bonds is 3. The molecule has 0 bridgehead atoms. The highest BCUT2D eigenvalue weighted by atomic mass is 16.5. The van der Waals surface area contributed by atoms with Crippen LogP contribution in [0.2, 0.25) is 0 Å². The van der Waals surface area contributed by atoms with Crippen molar-refractivity contribution in [1.29, 1.82) is 0 Å². The molecule has 0 radical (unpaired) electrons. The molecule has 1 saturated carbocycles. The molecular formula is C24H24N2O3. The Morgan fingerprint density at radius 3 is 2.83 bits per heavy atom. The fraction of sp³-hybridized carbons (Fsp3) is 0.333. The van der Waals surface area contributed by atoms with E-state index >= 15 is 0 Å². The van der Waals surface area contributed by atoms with E-state index in [1.807, 2.05) is 36.4 Å². The fourth-order valence-corrected chi connectivity index (χ4v) is 4.38. The molecule has 2 aliphatic rings. The molecule has 148 valence electrons. The minimum Gasteiger partial charge on any atom is -0.506 e. The topological polar surface area (TPSA) is 63.9 Å². The minimum absolute atomic E-state index is 0.138. The minimum atomic E-state index is 0.138. The molecule has 5 heteroatoms. The van der Waals surface area contributed by atoms with E-state index in [2.05, 4.69) is 18.8 Å². The Kier molecular flexibility index (Phi) is 4.19. The van der Waals surface area contributed by atoms with Crippen LogP contribution in [0.3, 0.4) is 0 Å². The summed E-state index contributed by atoms with van der Waals surface area (Å²) < 4.78 is 12.3. The van der Waals surface area contributed by atoms with Crippen molar-refractivity contribution >= 4 is 16.8 Å². The van der Waals surface area contributed by atoms with Gasteiger partial charge in [-0.15, -0.1) is 0 Å². The normalized spacial score (nSPS) is 22.6. The molecule has 29 heavy (non-hydrogen) atoms. The Balaban J connectivity index is 1.40. The molecule has 0 saturated heterocycles. The number of para-hydroxylation sites is 1. The number of aliphatic imine (C=N–C) groups is 1. The first kappa shape index (κ1) is 18.0.